The van der Waals surface area contributed by atoms with Gasteiger partial charge < -0.3 is 0 Å². The Morgan fingerprint density at radius 3 is 1.48 bits per heavy atom. The summed E-state index contributed by atoms with van der Waals surface area (Å²) in [6.07, 6.45) is 0. The van der Waals surface area contributed by atoms with Gasteiger partial charge in [0, 0.05) is 0 Å². The van der Waals surface area contributed by atoms with E-state index in [9.17, 15) is 0 Å². The third-order valence-corrected chi connectivity index (χ3v) is 5.88. The Balaban J connectivity index is 2.20. The zero-order valence-electron chi connectivity index (χ0n) is 11.3. The van der Waals surface area contributed by atoms with Crippen molar-refractivity contribution in [2.75, 3.05) is 0 Å². The number of hydrogen-bond acceptors (Lipinski definition) is 2. The maximum atomic E-state index is 5.32. The highest BCUT2D eigenvalue weighted by Crippen LogP contribution is 2.47. The van der Waals surface area contributed by atoms with Crippen LogP contribution in [-0.2, 0) is 0 Å². The fourth-order valence-corrected chi connectivity index (χ4v) is 4.68. The van der Waals surface area contributed by atoms with Crippen LogP contribution in [-0.4, -0.2) is 0 Å². The summed E-state index contributed by atoms with van der Waals surface area (Å²) >= 11 is 0. The van der Waals surface area contributed by atoms with Gasteiger partial charge in [0.2, 0.25) is 0 Å². The molecule has 0 aliphatic heterocycles. The zero-order chi connectivity index (χ0) is 14.1. The molecule has 4 aromatic heterocycles. The van der Waals surface area contributed by atoms with E-state index >= 15 is 0 Å². The Morgan fingerprint density at radius 2 is 1.00 bits per heavy atom. The summed E-state index contributed by atoms with van der Waals surface area (Å²) in [4.78, 5) is 0. The average Bonchev–Trinajstić information content (AvgIpc) is 2.65. The first-order valence-corrected chi connectivity index (χ1v) is 8.14. The predicted molar refractivity (Wildman–Crippen MR) is 87.7 cm³/mol. The fraction of sp³-hybridized carbons (Fsp3) is 0. The van der Waals surface area contributed by atoms with Gasteiger partial charge in [-0.05, 0) is 64.1 Å². The summed E-state index contributed by atoms with van der Waals surface area (Å²) in [6.45, 7) is 0. The zero-order valence-corrected chi connectivity index (χ0v) is 12.2. The van der Waals surface area contributed by atoms with E-state index in [1.807, 2.05) is 24.3 Å². The van der Waals surface area contributed by atoms with E-state index in [0.717, 1.165) is 0 Å². The first-order chi connectivity index (χ1) is 10.4. The van der Waals surface area contributed by atoms with Crippen molar-refractivity contribution in [3.05, 3.63) is 78.9 Å². The second-order valence-corrected chi connectivity index (χ2v) is 7.05. The van der Waals surface area contributed by atoms with Crippen LogP contribution in [0, 0.1) is 0 Å². The van der Waals surface area contributed by atoms with Crippen LogP contribution >= 0.6 is 7.53 Å². The molecule has 0 amide bonds. The molecule has 0 saturated heterocycles. The molecule has 7 aromatic rings. The summed E-state index contributed by atoms with van der Waals surface area (Å²) in [7, 11) is -0.554. The Bertz CT molecular complexity index is 844. The van der Waals surface area contributed by atoms with Crippen LogP contribution in [0.2, 0.25) is 0 Å². The lowest BCUT2D eigenvalue weighted by Crippen LogP contribution is -1.69. The predicted octanol–water partition coefficient (Wildman–Crippen LogP) is 6.28. The maximum Gasteiger partial charge on any atom is 0.178 e. The number of hydrogen-bond donors (Lipinski definition) is 0. The first kappa shape index (κ1) is 12.3. The molecule has 0 N–H and O–H groups in total. The molecule has 102 valence electrons. The van der Waals surface area contributed by atoms with Crippen LogP contribution in [0.3, 0.4) is 0 Å². The van der Waals surface area contributed by atoms with Gasteiger partial charge in [0.05, 0.1) is 0 Å². The Hall–Kier alpha value is -2.44. The highest BCUT2D eigenvalue weighted by molar-refractivity contribution is 7.66. The normalized spacial score (nSPS) is 10.9. The van der Waals surface area contributed by atoms with Crippen LogP contribution in [0.1, 0.15) is 0 Å². The summed E-state index contributed by atoms with van der Waals surface area (Å²) in [5.74, 6) is 0. The van der Waals surface area contributed by atoms with E-state index in [1.54, 1.807) is 0 Å². The van der Waals surface area contributed by atoms with Gasteiger partial charge in [-0.15, -0.1) is 0 Å². The minimum Gasteiger partial charge on any atom is -0.290 e. The van der Waals surface area contributed by atoms with Crippen molar-refractivity contribution in [1.82, 2.24) is 0 Å². The largest absolute Gasteiger partial charge is 0.290 e. The molecule has 0 atom stereocenters. The molecule has 0 saturated carbocycles. The van der Waals surface area contributed by atoms with Crippen LogP contribution < -0.4 is 0 Å². The van der Waals surface area contributed by atoms with E-state index in [0.29, 0.717) is 11.2 Å². The van der Waals surface area contributed by atoms with Gasteiger partial charge in [0.1, 0.15) is 0 Å². The number of rotatable bonds is 1. The van der Waals surface area contributed by atoms with E-state index in [1.165, 1.54) is 15.5 Å². The first-order valence-electron chi connectivity index (χ1n) is 6.80. The molecular weight excluding hydrogens is 279 g/mol. The number of benzene rings is 3. The molecule has 4 bridgehead atoms. The molecule has 7 rings (SSSR count). The molecule has 0 spiro atoms. The van der Waals surface area contributed by atoms with E-state index in [2.05, 4.69) is 54.6 Å². The van der Waals surface area contributed by atoms with E-state index < -0.39 is 7.53 Å². The molecular formula is C18H13O2P. The quantitative estimate of drug-likeness (QED) is 0.386. The third kappa shape index (κ3) is 2.35. The van der Waals surface area contributed by atoms with Crippen molar-refractivity contribution in [3.8, 4) is 5.30 Å². The van der Waals surface area contributed by atoms with Crippen molar-refractivity contribution < 1.29 is 9.15 Å². The highest BCUT2D eigenvalue weighted by atomic mass is 31.1. The lowest BCUT2D eigenvalue weighted by molar-refractivity contribution is 0.0893. The van der Waals surface area contributed by atoms with E-state index in [4.69, 9.17) is 9.15 Å². The van der Waals surface area contributed by atoms with Gasteiger partial charge in [-0.1, -0.05) is 37.9 Å². The van der Waals surface area contributed by atoms with Crippen LogP contribution in [0.5, 0.6) is 0 Å². The Labute approximate surface area is 122 Å². The molecule has 0 aliphatic rings. The lowest BCUT2D eigenvalue weighted by atomic mass is 10.3. The summed E-state index contributed by atoms with van der Waals surface area (Å²) < 4.78 is 10.6. The van der Waals surface area contributed by atoms with Crippen molar-refractivity contribution in [2.45, 2.75) is 0 Å². The van der Waals surface area contributed by atoms with Gasteiger partial charge in [0.25, 0.3) is 0 Å². The standard InChI is InChI=1S/C18H13O2P/c1-2-4-16(5-3-1)21-17-10-6-14(7-11-17)19-20-15-8-12-18(21)13-9-15/h1-13H. The van der Waals surface area contributed by atoms with Crippen LogP contribution in [0.15, 0.2) is 88.0 Å². The van der Waals surface area contributed by atoms with Gasteiger partial charge in [0.15, 0.2) is 11.2 Å². The smallest absolute Gasteiger partial charge is 0.178 e. The summed E-state index contributed by atoms with van der Waals surface area (Å²) in [6, 6.07) is 26.9. The van der Waals surface area contributed by atoms with Crippen LogP contribution in [0.4, 0.5) is 0 Å². The third-order valence-electron chi connectivity index (χ3n) is 3.44. The molecule has 0 radical (unpaired) electrons. The monoisotopic (exact) mass is 292 g/mol. The van der Waals surface area contributed by atoms with Crippen molar-refractivity contribution >= 4 is 28.9 Å². The average molecular weight is 292 g/mol. The topological polar surface area (TPSA) is 26.3 Å². The highest BCUT2D eigenvalue weighted by Gasteiger charge is 2.02. The maximum absolute atomic E-state index is 5.32. The van der Waals surface area contributed by atoms with Crippen molar-refractivity contribution in [2.24, 2.45) is 0 Å². The Kier molecular flexibility index (Phi) is 3.02. The van der Waals surface area contributed by atoms with E-state index in [-0.39, 0.29) is 0 Å². The molecule has 3 aromatic carbocycles. The minimum atomic E-state index is -0.554. The van der Waals surface area contributed by atoms with Gasteiger partial charge in [-0.2, -0.15) is 0 Å². The molecule has 0 unspecified atom stereocenters. The second kappa shape index (κ2) is 5.16. The molecule has 0 fully saturated rings. The van der Waals surface area contributed by atoms with Crippen molar-refractivity contribution in [3.63, 3.8) is 0 Å². The lowest BCUT2D eigenvalue weighted by Gasteiger charge is -2.06. The van der Waals surface area contributed by atoms with Crippen LogP contribution in [0.25, 0.3) is 26.7 Å². The van der Waals surface area contributed by atoms with Gasteiger partial charge in [-0.3, -0.25) is 9.15 Å². The molecule has 21 heavy (non-hydrogen) atoms. The second-order valence-electron chi connectivity index (χ2n) is 4.83. The van der Waals surface area contributed by atoms with Crippen molar-refractivity contribution in [1.29, 1.82) is 0 Å². The van der Waals surface area contributed by atoms with Gasteiger partial charge >= 0.3 is 0 Å². The molecule has 3 heteroatoms. The minimum absolute atomic E-state index is 0.554. The van der Waals surface area contributed by atoms with Gasteiger partial charge in [-0.25, -0.2) is 0 Å². The molecule has 2 nitrogen and oxygen atoms in total. The SMILES string of the molecule is c1ccc(-p2c3ccc(cc3)ooc3ccc2cc3)cc1. The summed E-state index contributed by atoms with van der Waals surface area (Å²) in [5, 5.41) is 3.95. The molecule has 0 aliphatic carbocycles. The Morgan fingerprint density at radius 1 is 0.524 bits per heavy atom. The molecule has 4 heterocycles. The fourth-order valence-electron chi connectivity index (χ4n) is 2.42. The summed E-state index contributed by atoms with van der Waals surface area (Å²) in [5.41, 5.74) is 1.43.